The predicted molar refractivity (Wildman–Crippen MR) is 87.6 cm³/mol. The van der Waals surface area contributed by atoms with Crippen LogP contribution in [0.1, 0.15) is 36.6 Å². The topological polar surface area (TPSA) is 37.8 Å². The molecular weight excluding hydrogens is 282 g/mol. The van der Waals surface area contributed by atoms with E-state index in [2.05, 4.69) is 29.1 Å². The average Bonchev–Trinajstić information content (AvgIpc) is 2.40. The van der Waals surface area contributed by atoms with Gasteiger partial charge in [-0.2, -0.15) is 0 Å². The highest BCUT2D eigenvalue weighted by Crippen LogP contribution is 2.17. The van der Waals surface area contributed by atoms with Crippen molar-refractivity contribution in [3.8, 4) is 0 Å². The van der Waals surface area contributed by atoms with Crippen molar-refractivity contribution in [1.29, 1.82) is 0 Å². The summed E-state index contributed by atoms with van der Waals surface area (Å²) in [4.78, 5) is 9.15. The van der Waals surface area contributed by atoms with Gasteiger partial charge in [-0.15, -0.1) is 0 Å². The predicted octanol–water partition coefficient (Wildman–Crippen LogP) is 3.77. The van der Waals surface area contributed by atoms with Crippen molar-refractivity contribution in [3.63, 3.8) is 0 Å². The van der Waals surface area contributed by atoms with Gasteiger partial charge in [-0.05, 0) is 37.1 Å². The Balaban J connectivity index is 2.10. The fourth-order valence-corrected chi connectivity index (χ4v) is 2.37. The summed E-state index contributed by atoms with van der Waals surface area (Å²) in [6.07, 6.45) is 0.665. The van der Waals surface area contributed by atoms with Crippen LogP contribution in [0.4, 0.5) is 0 Å². The molecular formula is C17H22ClN3. The number of benzene rings is 1. The molecule has 0 saturated carbocycles. The number of nitrogens with one attached hydrogen (secondary N) is 1. The molecule has 21 heavy (non-hydrogen) atoms. The lowest BCUT2D eigenvalue weighted by atomic mass is 10.1. The zero-order valence-electron chi connectivity index (χ0n) is 12.9. The van der Waals surface area contributed by atoms with Crippen LogP contribution in [0.15, 0.2) is 30.3 Å². The third-order valence-electron chi connectivity index (χ3n) is 3.12. The van der Waals surface area contributed by atoms with Gasteiger partial charge in [0.25, 0.3) is 0 Å². The smallest absolute Gasteiger partial charge is 0.133 e. The summed E-state index contributed by atoms with van der Waals surface area (Å²) in [6.45, 7) is 8.16. The van der Waals surface area contributed by atoms with E-state index >= 15 is 0 Å². The highest BCUT2D eigenvalue weighted by atomic mass is 35.5. The summed E-state index contributed by atoms with van der Waals surface area (Å²) in [5, 5.41) is 4.18. The zero-order chi connectivity index (χ0) is 15.2. The molecule has 0 bridgehead atoms. The molecule has 0 unspecified atom stereocenters. The Morgan fingerprint density at radius 3 is 2.67 bits per heavy atom. The van der Waals surface area contributed by atoms with Crippen molar-refractivity contribution in [2.24, 2.45) is 5.92 Å². The Hall–Kier alpha value is -1.45. The Morgan fingerprint density at radius 2 is 1.95 bits per heavy atom. The van der Waals surface area contributed by atoms with E-state index in [-0.39, 0.29) is 0 Å². The van der Waals surface area contributed by atoms with Crippen LogP contribution in [0, 0.1) is 12.8 Å². The minimum absolute atomic E-state index is 0.635. The van der Waals surface area contributed by atoms with E-state index in [4.69, 9.17) is 11.6 Å². The first-order valence-electron chi connectivity index (χ1n) is 7.32. The van der Waals surface area contributed by atoms with E-state index in [1.54, 1.807) is 0 Å². The SMILES string of the molecule is Cc1cc(CNCC(C)C)nc(Cc2ccccc2Cl)n1. The van der Waals surface area contributed by atoms with Crippen LogP contribution in [0.5, 0.6) is 0 Å². The zero-order valence-corrected chi connectivity index (χ0v) is 13.6. The standard InChI is InChI=1S/C17H22ClN3/c1-12(2)10-19-11-15-8-13(3)20-17(21-15)9-14-6-4-5-7-16(14)18/h4-8,12,19H,9-11H2,1-3H3. The molecule has 0 fully saturated rings. The number of nitrogens with zero attached hydrogens (tertiary/aromatic N) is 2. The lowest BCUT2D eigenvalue weighted by Crippen LogP contribution is -2.20. The molecule has 0 aliphatic heterocycles. The van der Waals surface area contributed by atoms with Crippen LogP contribution < -0.4 is 5.32 Å². The van der Waals surface area contributed by atoms with Crippen molar-refractivity contribution < 1.29 is 0 Å². The van der Waals surface area contributed by atoms with Gasteiger partial charge in [-0.25, -0.2) is 9.97 Å². The maximum absolute atomic E-state index is 6.20. The van der Waals surface area contributed by atoms with E-state index in [1.807, 2.05) is 37.3 Å². The number of aryl methyl sites for hydroxylation is 1. The summed E-state index contributed by atoms with van der Waals surface area (Å²) >= 11 is 6.20. The molecule has 1 N–H and O–H groups in total. The first kappa shape index (κ1) is 15.9. The number of aromatic nitrogens is 2. The first-order valence-corrected chi connectivity index (χ1v) is 7.70. The van der Waals surface area contributed by atoms with Gasteiger partial charge in [-0.1, -0.05) is 43.6 Å². The normalized spacial score (nSPS) is 11.1. The van der Waals surface area contributed by atoms with E-state index < -0.39 is 0 Å². The van der Waals surface area contributed by atoms with E-state index in [0.29, 0.717) is 12.3 Å². The van der Waals surface area contributed by atoms with E-state index in [9.17, 15) is 0 Å². The monoisotopic (exact) mass is 303 g/mol. The van der Waals surface area contributed by atoms with Crippen molar-refractivity contribution in [1.82, 2.24) is 15.3 Å². The maximum atomic E-state index is 6.20. The van der Waals surface area contributed by atoms with Crippen molar-refractivity contribution in [2.75, 3.05) is 6.54 Å². The van der Waals surface area contributed by atoms with Crippen molar-refractivity contribution >= 4 is 11.6 Å². The van der Waals surface area contributed by atoms with Gasteiger partial charge in [0, 0.05) is 23.7 Å². The second-order valence-electron chi connectivity index (χ2n) is 5.71. The Morgan fingerprint density at radius 1 is 1.19 bits per heavy atom. The van der Waals surface area contributed by atoms with Crippen LogP contribution in [-0.2, 0) is 13.0 Å². The summed E-state index contributed by atoms with van der Waals surface area (Å²) in [7, 11) is 0. The molecule has 0 spiro atoms. The summed E-state index contributed by atoms with van der Waals surface area (Å²) in [5.74, 6) is 1.46. The Kier molecular flexibility index (Phi) is 5.71. The third kappa shape index (κ3) is 5.10. The van der Waals surface area contributed by atoms with Gasteiger partial charge in [0.15, 0.2) is 0 Å². The third-order valence-corrected chi connectivity index (χ3v) is 3.49. The lowest BCUT2D eigenvalue weighted by Gasteiger charge is -2.09. The second kappa shape index (κ2) is 7.53. The second-order valence-corrected chi connectivity index (χ2v) is 6.12. The number of hydrogen-bond acceptors (Lipinski definition) is 3. The summed E-state index contributed by atoms with van der Waals surface area (Å²) in [6, 6.07) is 9.87. The molecule has 2 aromatic rings. The van der Waals surface area contributed by atoms with Crippen molar-refractivity contribution in [3.05, 3.63) is 58.1 Å². The molecule has 0 aliphatic carbocycles. The summed E-state index contributed by atoms with van der Waals surface area (Å²) < 4.78 is 0. The number of rotatable bonds is 6. The molecule has 4 heteroatoms. The van der Waals surface area contributed by atoms with Gasteiger partial charge in [-0.3, -0.25) is 0 Å². The fourth-order valence-electron chi connectivity index (χ4n) is 2.17. The van der Waals surface area contributed by atoms with Crippen molar-refractivity contribution in [2.45, 2.75) is 33.7 Å². The van der Waals surface area contributed by atoms with Gasteiger partial charge in [0.2, 0.25) is 0 Å². The first-order chi connectivity index (χ1) is 10.0. The average molecular weight is 304 g/mol. The van der Waals surface area contributed by atoms with Crippen LogP contribution >= 0.6 is 11.6 Å². The molecule has 1 aromatic carbocycles. The molecule has 2 rings (SSSR count). The van der Waals surface area contributed by atoms with Gasteiger partial charge in [0.05, 0.1) is 5.69 Å². The molecule has 112 valence electrons. The molecule has 1 heterocycles. The molecule has 0 aliphatic rings. The molecule has 3 nitrogen and oxygen atoms in total. The minimum atomic E-state index is 0.635. The quantitative estimate of drug-likeness (QED) is 0.882. The number of hydrogen-bond donors (Lipinski definition) is 1. The van der Waals surface area contributed by atoms with E-state index in [1.165, 1.54) is 0 Å². The molecule has 0 radical (unpaired) electrons. The fraction of sp³-hybridized carbons (Fsp3) is 0.412. The Bertz CT molecular complexity index is 596. The summed E-state index contributed by atoms with van der Waals surface area (Å²) in [5.41, 5.74) is 3.09. The van der Waals surface area contributed by atoms with Gasteiger partial charge in [0.1, 0.15) is 5.82 Å². The van der Waals surface area contributed by atoms with Crippen LogP contribution in [-0.4, -0.2) is 16.5 Å². The van der Waals surface area contributed by atoms with Crippen LogP contribution in [0.25, 0.3) is 0 Å². The molecule has 1 aromatic heterocycles. The molecule has 0 saturated heterocycles. The highest BCUT2D eigenvalue weighted by Gasteiger charge is 2.06. The minimum Gasteiger partial charge on any atom is -0.311 e. The largest absolute Gasteiger partial charge is 0.311 e. The Labute approximate surface area is 131 Å². The van der Waals surface area contributed by atoms with Crippen LogP contribution in [0.3, 0.4) is 0 Å². The maximum Gasteiger partial charge on any atom is 0.133 e. The van der Waals surface area contributed by atoms with E-state index in [0.717, 1.165) is 40.9 Å². The number of halogens is 1. The van der Waals surface area contributed by atoms with Crippen LogP contribution in [0.2, 0.25) is 5.02 Å². The molecule has 0 amide bonds. The highest BCUT2D eigenvalue weighted by molar-refractivity contribution is 6.31. The van der Waals surface area contributed by atoms with Gasteiger partial charge >= 0.3 is 0 Å². The molecule has 0 atom stereocenters. The van der Waals surface area contributed by atoms with Gasteiger partial charge < -0.3 is 5.32 Å². The lowest BCUT2D eigenvalue weighted by molar-refractivity contribution is 0.547.